The molecule has 2 atom stereocenters. The largest absolute Gasteiger partial charge is 0.362 e. The molecule has 2 aromatic rings. The fourth-order valence-corrected chi connectivity index (χ4v) is 5.37. The van der Waals surface area contributed by atoms with Crippen molar-refractivity contribution in [3.8, 4) is 0 Å². The molecule has 2 aliphatic heterocycles. The zero-order valence-corrected chi connectivity index (χ0v) is 19.8. The molecule has 2 heterocycles. The standard InChI is InChI=1S/C27H34FN3O2/c1-19(2)17-27(3)29-24-9-5-4-8-23(24)26(33)31(27)16-15-30-14-6-7-21(18-30)25(32)20-10-12-22(28)13-11-20/h4-5,8-13,19,21,29H,6-7,14-18H2,1-3H3. The molecule has 2 aliphatic rings. The highest BCUT2D eigenvalue weighted by molar-refractivity contribution is 6.02. The molecule has 2 unspecified atom stereocenters. The number of nitrogens with zero attached hydrogens (tertiary/aromatic N) is 2. The lowest BCUT2D eigenvalue weighted by Crippen LogP contribution is -2.60. The van der Waals surface area contributed by atoms with Gasteiger partial charge in [0.1, 0.15) is 11.5 Å². The second-order valence-corrected chi connectivity index (χ2v) is 10.0. The van der Waals surface area contributed by atoms with Crippen molar-refractivity contribution in [3.63, 3.8) is 0 Å². The first-order valence-corrected chi connectivity index (χ1v) is 12.0. The molecule has 1 amide bonds. The Hall–Kier alpha value is -2.73. The van der Waals surface area contributed by atoms with Crippen molar-refractivity contribution in [1.82, 2.24) is 9.80 Å². The molecule has 5 nitrogen and oxygen atoms in total. The minimum Gasteiger partial charge on any atom is -0.362 e. The summed E-state index contributed by atoms with van der Waals surface area (Å²) in [6.45, 7) is 9.36. The Kier molecular flexibility index (Phi) is 6.84. The molecule has 2 aromatic carbocycles. The van der Waals surface area contributed by atoms with Crippen molar-refractivity contribution < 1.29 is 14.0 Å². The average Bonchev–Trinajstić information content (AvgIpc) is 2.78. The number of para-hydroxylation sites is 1. The Balaban J connectivity index is 1.45. The Bertz CT molecular complexity index is 1010. The summed E-state index contributed by atoms with van der Waals surface area (Å²) < 4.78 is 13.2. The second kappa shape index (κ2) is 9.64. The van der Waals surface area contributed by atoms with Crippen LogP contribution in [-0.4, -0.2) is 53.3 Å². The van der Waals surface area contributed by atoms with Crippen LogP contribution >= 0.6 is 0 Å². The van der Waals surface area contributed by atoms with Crippen LogP contribution in [0.15, 0.2) is 48.5 Å². The number of carbonyl (C=O) groups excluding carboxylic acids is 2. The normalized spacial score (nSPS) is 23.4. The van der Waals surface area contributed by atoms with Gasteiger partial charge in [0.2, 0.25) is 0 Å². The molecule has 0 aliphatic carbocycles. The summed E-state index contributed by atoms with van der Waals surface area (Å²) in [7, 11) is 0. The summed E-state index contributed by atoms with van der Waals surface area (Å²) in [6.07, 6.45) is 2.63. The highest BCUT2D eigenvalue weighted by atomic mass is 19.1. The van der Waals surface area contributed by atoms with Gasteiger partial charge < -0.3 is 15.1 Å². The summed E-state index contributed by atoms with van der Waals surface area (Å²) >= 11 is 0. The maximum absolute atomic E-state index is 13.5. The monoisotopic (exact) mass is 451 g/mol. The van der Waals surface area contributed by atoms with E-state index >= 15 is 0 Å². The number of anilines is 1. The smallest absolute Gasteiger partial charge is 0.257 e. The number of carbonyl (C=O) groups is 2. The molecule has 4 rings (SSSR count). The van der Waals surface area contributed by atoms with Crippen LogP contribution in [0.4, 0.5) is 10.1 Å². The van der Waals surface area contributed by atoms with Crippen LogP contribution in [0.5, 0.6) is 0 Å². The summed E-state index contributed by atoms with van der Waals surface area (Å²) in [5.41, 5.74) is 1.71. The highest BCUT2D eigenvalue weighted by Crippen LogP contribution is 2.35. The zero-order chi connectivity index (χ0) is 23.6. The van der Waals surface area contributed by atoms with Gasteiger partial charge in [0.05, 0.1) is 5.56 Å². The number of fused-ring (bicyclic) bond motifs is 1. The highest BCUT2D eigenvalue weighted by Gasteiger charge is 2.41. The average molecular weight is 452 g/mol. The lowest BCUT2D eigenvalue weighted by atomic mass is 9.89. The molecule has 0 saturated carbocycles. The van der Waals surface area contributed by atoms with Crippen LogP contribution in [0.3, 0.4) is 0 Å². The van der Waals surface area contributed by atoms with Crippen LogP contribution in [0, 0.1) is 17.7 Å². The number of hydrogen-bond donors (Lipinski definition) is 1. The fourth-order valence-electron chi connectivity index (χ4n) is 5.37. The number of likely N-dealkylation sites (tertiary alicyclic amines) is 1. The van der Waals surface area contributed by atoms with E-state index in [9.17, 15) is 14.0 Å². The fraction of sp³-hybridized carbons (Fsp3) is 0.481. The molecule has 176 valence electrons. The van der Waals surface area contributed by atoms with E-state index in [1.54, 1.807) is 12.1 Å². The number of piperidine rings is 1. The van der Waals surface area contributed by atoms with Gasteiger partial charge in [0.15, 0.2) is 5.78 Å². The van der Waals surface area contributed by atoms with Gasteiger partial charge in [-0.05, 0) is 75.0 Å². The van der Waals surface area contributed by atoms with Gasteiger partial charge in [-0.1, -0.05) is 26.0 Å². The van der Waals surface area contributed by atoms with Gasteiger partial charge in [0.25, 0.3) is 5.91 Å². The van der Waals surface area contributed by atoms with E-state index in [-0.39, 0.29) is 23.4 Å². The molecule has 0 bridgehead atoms. The Morgan fingerprint density at radius 3 is 2.61 bits per heavy atom. The third-order valence-corrected chi connectivity index (χ3v) is 6.85. The molecule has 0 aromatic heterocycles. The number of Topliss-reactive ketones (excluding diaryl/α,β-unsaturated/α-hetero) is 1. The first-order chi connectivity index (χ1) is 15.8. The lowest BCUT2D eigenvalue weighted by Gasteiger charge is -2.48. The Morgan fingerprint density at radius 2 is 1.88 bits per heavy atom. The van der Waals surface area contributed by atoms with Gasteiger partial charge in [-0.15, -0.1) is 0 Å². The van der Waals surface area contributed by atoms with Crippen LogP contribution in [-0.2, 0) is 0 Å². The van der Waals surface area contributed by atoms with Crippen LogP contribution in [0.25, 0.3) is 0 Å². The molecular formula is C27H34FN3O2. The van der Waals surface area contributed by atoms with Gasteiger partial charge in [-0.3, -0.25) is 9.59 Å². The topological polar surface area (TPSA) is 52.7 Å². The predicted octanol–water partition coefficient (Wildman–Crippen LogP) is 5.05. The Labute approximate surface area is 196 Å². The van der Waals surface area contributed by atoms with Crippen LogP contribution in [0.2, 0.25) is 0 Å². The maximum atomic E-state index is 13.5. The third-order valence-electron chi connectivity index (χ3n) is 6.85. The van der Waals surface area contributed by atoms with Crippen molar-refractivity contribution >= 4 is 17.4 Å². The van der Waals surface area contributed by atoms with E-state index in [1.807, 2.05) is 29.2 Å². The van der Waals surface area contributed by atoms with E-state index in [1.165, 1.54) is 12.1 Å². The number of halogens is 1. The van der Waals surface area contributed by atoms with Crippen LogP contribution in [0.1, 0.15) is 60.7 Å². The van der Waals surface area contributed by atoms with Crippen LogP contribution < -0.4 is 5.32 Å². The number of benzene rings is 2. The van der Waals surface area contributed by atoms with Gasteiger partial charge in [0, 0.05) is 36.8 Å². The molecular weight excluding hydrogens is 417 g/mol. The minimum absolute atomic E-state index is 0.0587. The van der Waals surface area contributed by atoms with Gasteiger partial charge in [-0.2, -0.15) is 0 Å². The Morgan fingerprint density at radius 1 is 1.15 bits per heavy atom. The molecule has 6 heteroatoms. The van der Waals surface area contributed by atoms with E-state index in [0.717, 1.165) is 38.0 Å². The third kappa shape index (κ3) is 5.11. The summed E-state index contributed by atoms with van der Waals surface area (Å²) in [6, 6.07) is 13.5. The molecule has 1 fully saturated rings. The second-order valence-electron chi connectivity index (χ2n) is 10.0. The molecule has 1 N–H and O–H groups in total. The molecule has 0 spiro atoms. The SMILES string of the molecule is CC(C)CC1(C)Nc2ccccc2C(=O)N1CCN1CCCC(C(=O)c2ccc(F)cc2)C1. The number of hydrogen-bond acceptors (Lipinski definition) is 4. The van der Waals surface area contributed by atoms with E-state index in [2.05, 4.69) is 31.0 Å². The number of rotatable bonds is 7. The summed E-state index contributed by atoms with van der Waals surface area (Å²) in [5, 5.41) is 3.63. The molecule has 0 radical (unpaired) electrons. The van der Waals surface area contributed by atoms with E-state index in [0.29, 0.717) is 30.1 Å². The quantitative estimate of drug-likeness (QED) is 0.599. The lowest BCUT2D eigenvalue weighted by molar-refractivity contribution is 0.0430. The maximum Gasteiger partial charge on any atom is 0.257 e. The van der Waals surface area contributed by atoms with Crippen molar-refractivity contribution in [1.29, 1.82) is 0 Å². The number of nitrogens with one attached hydrogen (secondary N) is 1. The van der Waals surface area contributed by atoms with Crippen molar-refractivity contribution in [2.45, 2.75) is 45.7 Å². The van der Waals surface area contributed by atoms with Gasteiger partial charge in [-0.25, -0.2) is 4.39 Å². The van der Waals surface area contributed by atoms with E-state index < -0.39 is 5.66 Å². The summed E-state index contributed by atoms with van der Waals surface area (Å²) in [5.74, 6) is 0.137. The van der Waals surface area contributed by atoms with Crippen molar-refractivity contribution in [3.05, 3.63) is 65.5 Å². The molecule has 1 saturated heterocycles. The van der Waals surface area contributed by atoms with Gasteiger partial charge >= 0.3 is 0 Å². The molecule has 33 heavy (non-hydrogen) atoms. The van der Waals surface area contributed by atoms with Crippen molar-refractivity contribution in [2.24, 2.45) is 11.8 Å². The number of ketones is 1. The van der Waals surface area contributed by atoms with Crippen molar-refractivity contribution in [2.75, 3.05) is 31.5 Å². The summed E-state index contributed by atoms with van der Waals surface area (Å²) in [4.78, 5) is 30.7. The minimum atomic E-state index is -0.460. The first-order valence-electron chi connectivity index (χ1n) is 12.0. The predicted molar refractivity (Wildman–Crippen MR) is 129 cm³/mol. The number of amides is 1. The zero-order valence-electron chi connectivity index (χ0n) is 19.8. The first kappa shape index (κ1) is 23.4. The van der Waals surface area contributed by atoms with E-state index in [4.69, 9.17) is 0 Å².